The summed E-state index contributed by atoms with van der Waals surface area (Å²) >= 11 is 0. The molecule has 1 fully saturated rings. The quantitative estimate of drug-likeness (QED) is 0.494. The minimum absolute atomic E-state index is 0.0216. The van der Waals surface area contributed by atoms with E-state index in [-0.39, 0.29) is 29.9 Å². The molecule has 0 unspecified atom stereocenters. The number of Topliss-reactive ketones (excluding diaryl/α,β-unsaturated/α-hetero) is 2. The number of benzene rings is 2. The molecule has 1 saturated heterocycles. The van der Waals surface area contributed by atoms with E-state index >= 15 is 0 Å². The Kier molecular flexibility index (Phi) is 7.26. The number of hydrogen-bond donors (Lipinski definition) is 0. The molecule has 1 amide bonds. The second-order valence-electron chi connectivity index (χ2n) is 9.49. The number of ketones is 2. The van der Waals surface area contributed by atoms with Gasteiger partial charge in [-0.05, 0) is 12.5 Å². The summed E-state index contributed by atoms with van der Waals surface area (Å²) in [6.45, 7) is 2.91. The van der Waals surface area contributed by atoms with Crippen molar-refractivity contribution in [2.24, 2.45) is 18.9 Å². The zero-order chi connectivity index (χ0) is 25.1. The summed E-state index contributed by atoms with van der Waals surface area (Å²) < 4.78 is 1.78. The molecule has 2 aromatic carbocycles. The Labute approximate surface area is 206 Å². The van der Waals surface area contributed by atoms with E-state index in [9.17, 15) is 14.4 Å². The number of hydrogen-bond acceptors (Lipinski definition) is 5. The fourth-order valence-corrected chi connectivity index (χ4v) is 5.00. The fraction of sp³-hybridized carbons (Fsp3) is 0.357. The van der Waals surface area contributed by atoms with Crippen LogP contribution in [0.5, 0.6) is 0 Å². The Morgan fingerprint density at radius 1 is 0.886 bits per heavy atom. The number of likely N-dealkylation sites (N-methyl/N-ethyl adjacent to an activating group) is 1. The number of likely N-dealkylation sites (tertiary alicyclic amines) is 1. The van der Waals surface area contributed by atoms with Crippen LogP contribution in [-0.2, 0) is 11.8 Å². The number of nitrogens with zero attached hydrogens (tertiary/aromatic N) is 4. The van der Waals surface area contributed by atoms with Crippen LogP contribution in [0.15, 0.2) is 66.9 Å². The molecule has 0 saturated carbocycles. The summed E-state index contributed by atoms with van der Waals surface area (Å²) in [7, 11) is 5.30. The maximum Gasteiger partial charge on any atom is 0.236 e. The zero-order valence-corrected chi connectivity index (χ0v) is 20.7. The number of amides is 1. The highest BCUT2D eigenvalue weighted by Gasteiger charge is 2.46. The average Bonchev–Trinajstić information content (AvgIpc) is 3.21. The van der Waals surface area contributed by atoms with E-state index in [1.165, 1.54) is 0 Å². The molecule has 2 atom stereocenters. The fourth-order valence-electron chi connectivity index (χ4n) is 5.00. The van der Waals surface area contributed by atoms with Crippen LogP contribution >= 0.6 is 0 Å². The van der Waals surface area contributed by atoms with Crippen molar-refractivity contribution in [1.29, 1.82) is 0 Å². The van der Waals surface area contributed by atoms with E-state index in [1.807, 2.05) is 79.5 Å². The first-order valence-electron chi connectivity index (χ1n) is 11.9. The van der Waals surface area contributed by atoms with Crippen molar-refractivity contribution < 1.29 is 14.4 Å². The van der Waals surface area contributed by atoms with Gasteiger partial charge in [-0.2, -0.15) is 5.10 Å². The minimum Gasteiger partial charge on any atom is -0.348 e. The molecule has 0 spiro atoms. The van der Waals surface area contributed by atoms with Crippen LogP contribution in [0.2, 0.25) is 0 Å². The zero-order valence-electron chi connectivity index (χ0n) is 20.7. The molecule has 1 aliphatic rings. The predicted molar refractivity (Wildman–Crippen MR) is 134 cm³/mol. The standard InChI is InChI=1S/C28H32N4O3/c1-19-22(15-29-31(19)4)26-23(27(34)20-11-7-5-8-12-20)16-32(18-25(33)30(2)3)17-24(26)28(35)21-13-9-6-10-14-21/h5-15,23-24,26H,16-18H2,1-4H3/t23-,24-/m0/s1. The SMILES string of the molecule is Cc1c(C2[C@@H](C(=O)c3ccccc3)CN(CC(=O)N(C)C)C[C@@H]2C(=O)c2ccccc2)cnn1C. The van der Waals surface area contributed by atoms with Gasteiger partial charge in [0, 0.05) is 68.8 Å². The Balaban J connectivity index is 1.82. The maximum absolute atomic E-state index is 13.9. The van der Waals surface area contributed by atoms with Gasteiger partial charge in [0.1, 0.15) is 0 Å². The van der Waals surface area contributed by atoms with Gasteiger partial charge in [-0.1, -0.05) is 60.7 Å². The first-order chi connectivity index (χ1) is 16.8. The molecule has 0 radical (unpaired) electrons. The number of rotatable bonds is 7. The summed E-state index contributed by atoms with van der Waals surface area (Å²) in [5, 5.41) is 4.43. The van der Waals surface area contributed by atoms with E-state index in [2.05, 4.69) is 5.10 Å². The molecule has 4 rings (SSSR count). The van der Waals surface area contributed by atoms with Crippen LogP contribution in [0.3, 0.4) is 0 Å². The average molecular weight is 473 g/mol. The number of carbonyl (C=O) groups excluding carboxylic acids is 3. The predicted octanol–water partition coefficient (Wildman–Crippen LogP) is 3.21. The van der Waals surface area contributed by atoms with Gasteiger partial charge in [0.05, 0.1) is 12.7 Å². The molecule has 0 aliphatic carbocycles. The molecule has 0 N–H and O–H groups in total. The van der Waals surface area contributed by atoms with Crippen LogP contribution in [0, 0.1) is 18.8 Å². The van der Waals surface area contributed by atoms with Gasteiger partial charge in [0.25, 0.3) is 0 Å². The Bertz CT molecular complexity index is 1140. The van der Waals surface area contributed by atoms with Crippen molar-refractivity contribution >= 4 is 17.5 Å². The molecule has 7 heteroatoms. The first kappa shape index (κ1) is 24.5. The lowest BCUT2D eigenvalue weighted by Crippen LogP contribution is -2.52. The molecule has 3 aromatic rings. The number of aromatic nitrogens is 2. The van der Waals surface area contributed by atoms with Crippen LogP contribution in [0.4, 0.5) is 0 Å². The lowest BCUT2D eigenvalue weighted by Gasteiger charge is -2.42. The summed E-state index contributed by atoms with van der Waals surface area (Å²) in [6.07, 6.45) is 1.79. The number of piperidine rings is 1. The first-order valence-corrected chi connectivity index (χ1v) is 11.9. The van der Waals surface area contributed by atoms with Gasteiger partial charge < -0.3 is 4.90 Å². The van der Waals surface area contributed by atoms with Crippen molar-refractivity contribution in [3.8, 4) is 0 Å². The smallest absolute Gasteiger partial charge is 0.236 e. The molecule has 1 aliphatic heterocycles. The Morgan fingerprint density at radius 2 is 1.37 bits per heavy atom. The highest BCUT2D eigenvalue weighted by atomic mass is 16.2. The molecule has 7 nitrogen and oxygen atoms in total. The van der Waals surface area contributed by atoms with Gasteiger partial charge >= 0.3 is 0 Å². The normalized spacial score (nSPS) is 18.9. The Hall–Kier alpha value is -3.58. The molecule has 0 bridgehead atoms. The van der Waals surface area contributed by atoms with E-state index < -0.39 is 11.8 Å². The van der Waals surface area contributed by atoms with Crippen molar-refractivity contribution in [1.82, 2.24) is 19.6 Å². The van der Waals surface area contributed by atoms with E-state index in [0.29, 0.717) is 24.2 Å². The third kappa shape index (κ3) is 5.10. The summed E-state index contributed by atoms with van der Waals surface area (Å²) in [6, 6.07) is 18.4. The highest BCUT2D eigenvalue weighted by molar-refractivity contribution is 6.02. The molecule has 2 heterocycles. The number of carbonyl (C=O) groups is 3. The van der Waals surface area contributed by atoms with Crippen molar-refractivity contribution in [2.45, 2.75) is 12.8 Å². The number of aryl methyl sites for hydroxylation is 1. The molecular formula is C28H32N4O3. The minimum atomic E-state index is -0.498. The monoisotopic (exact) mass is 472 g/mol. The van der Waals surface area contributed by atoms with Crippen molar-refractivity contribution in [3.05, 3.63) is 89.2 Å². The summed E-state index contributed by atoms with van der Waals surface area (Å²) in [5.41, 5.74) is 3.06. The lowest BCUT2D eigenvalue weighted by atomic mass is 9.68. The van der Waals surface area contributed by atoms with Gasteiger partial charge in [0.2, 0.25) is 5.91 Å². The summed E-state index contributed by atoms with van der Waals surface area (Å²) in [5.74, 6) is -1.45. The van der Waals surface area contributed by atoms with Crippen molar-refractivity contribution in [3.63, 3.8) is 0 Å². The molecular weight excluding hydrogens is 440 g/mol. The third-order valence-electron chi connectivity index (χ3n) is 7.06. The van der Waals surface area contributed by atoms with Crippen LogP contribution in [-0.4, -0.2) is 70.8 Å². The molecule has 35 heavy (non-hydrogen) atoms. The van der Waals surface area contributed by atoms with Crippen molar-refractivity contribution in [2.75, 3.05) is 33.7 Å². The molecule has 1 aromatic heterocycles. The van der Waals surface area contributed by atoms with Gasteiger partial charge in [-0.25, -0.2) is 0 Å². The highest BCUT2D eigenvalue weighted by Crippen LogP contribution is 2.41. The van der Waals surface area contributed by atoms with E-state index in [4.69, 9.17) is 0 Å². The van der Waals surface area contributed by atoms with Gasteiger partial charge in [-0.15, -0.1) is 0 Å². The van der Waals surface area contributed by atoms with Crippen LogP contribution < -0.4 is 0 Å². The van der Waals surface area contributed by atoms with Gasteiger partial charge in [-0.3, -0.25) is 24.0 Å². The Morgan fingerprint density at radius 3 is 1.77 bits per heavy atom. The largest absolute Gasteiger partial charge is 0.348 e. The second kappa shape index (κ2) is 10.4. The second-order valence-corrected chi connectivity index (χ2v) is 9.49. The van der Waals surface area contributed by atoms with E-state index in [0.717, 1.165) is 11.3 Å². The lowest BCUT2D eigenvalue weighted by molar-refractivity contribution is -0.130. The maximum atomic E-state index is 13.9. The topological polar surface area (TPSA) is 75.5 Å². The van der Waals surface area contributed by atoms with E-state index in [1.54, 1.807) is 29.9 Å². The van der Waals surface area contributed by atoms with Crippen LogP contribution in [0.1, 0.15) is 37.9 Å². The van der Waals surface area contributed by atoms with Crippen LogP contribution in [0.25, 0.3) is 0 Å². The molecule has 182 valence electrons. The third-order valence-corrected chi connectivity index (χ3v) is 7.06. The van der Waals surface area contributed by atoms with Gasteiger partial charge in [0.15, 0.2) is 11.6 Å². The summed E-state index contributed by atoms with van der Waals surface area (Å²) in [4.78, 5) is 43.9.